The van der Waals surface area contributed by atoms with E-state index in [2.05, 4.69) is 5.32 Å². The molecule has 3 nitrogen and oxygen atoms in total. The van der Waals surface area contributed by atoms with Crippen LogP contribution in [0.1, 0.15) is 50.1 Å². The topological polar surface area (TPSA) is 32.3 Å². The summed E-state index contributed by atoms with van der Waals surface area (Å²) in [5, 5.41) is 3.36. The summed E-state index contributed by atoms with van der Waals surface area (Å²) in [7, 11) is 0. The highest BCUT2D eigenvalue weighted by atomic mass is 19.1. The van der Waals surface area contributed by atoms with Crippen molar-refractivity contribution in [1.29, 1.82) is 0 Å². The highest BCUT2D eigenvalue weighted by molar-refractivity contribution is 5.77. The van der Waals surface area contributed by atoms with Crippen molar-refractivity contribution in [3.05, 3.63) is 35.6 Å². The normalized spacial score (nSPS) is 23.0. The van der Waals surface area contributed by atoms with Gasteiger partial charge in [-0.05, 0) is 68.8 Å². The molecule has 4 heteroatoms. The molecule has 0 radical (unpaired) electrons. The molecule has 1 aromatic rings. The van der Waals surface area contributed by atoms with Gasteiger partial charge in [0.15, 0.2) is 0 Å². The number of nitrogens with zero attached hydrogens (tertiary/aromatic N) is 1. The second-order valence-electron chi connectivity index (χ2n) is 6.53. The Kier molecular flexibility index (Phi) is 5.08. The van der Waals surface area contributed by atoms with Crippen molar-refractivity contribution in [3.8, 4) is 0 Å². The van der Waals surface area contributed by atoms with Crippen molar-refractivity contribution >= 4 is 5.91 Å². The minimum absolute atomic E-state index is 0.140. The molecule has 0 aliphatic carbocycles. The van der Waals surface area contributed by atoms with Crippen LogP contribution in [0.5, 0.6) is 0 Å². The summed E-state index contributed by atoms with van der Waals surface area (Å²) in [4.78, 5) is 14.6. The van der Waals surface area contributed by atoms with E-state index in [0.717, 1.165) is 44.5 Å². The molecule has 1 aromatic carbocycles. The number of amides is 1. The van der Waals surface area contributed by atoms with E-state index in [4.69, 9.17) is 0 Å². The summed E-state index contributed by atoms with van der Waals surface area (Å²) in [6, 6.07) is 6.76. The lowest BCUT2D eigenvalue weighted by atomic mass is 9.93. The molecule has 2 heterocycles. The molecule has 1 amide bonds. The van der Waals surface area contributed by atoms with Crippen molar-refractivity contribution in [2.75, 3.05) is 19.6 Å². The van der Waals surface area contributed by atoms with Crippen LogP contribution in [-0.4, -0.2) is 30.4 Å². The standard InChI is InChI=1S/C18H25FN2O/c19-16-6-4-15(5-7-16)17-2-1-13-21(17)18(22)8-3-14-9-11-20-12-10-14/h4-7,14,17,20H,1-3,8-13H2. The van der Waals surface area contributed by atoms with Gasteiger partial charge in [0.05, 0.1) is 6.04 Å². The molecular formula is C18H25FN2O. The summed E-state index contributed by atoms with van der Waals surface area (Å²) in [5.74, 6) is 0.743. The number of carbonyl (C=O) groups is 1. The van der Waals surface area contributed by atoms with Gasteiger partial charge in [0.2, 0.25) is 5.91 Å². The van der Waals surface area contributed by atoms with Crippen LogP contribution in [0.15, 0.2) is 24.3 Å². The van der Waals surface area contributed by atoms with E-state index in [1.807, 2.05) is 17.0 Å². The monoisotopic (exact) mass is 304 g/mol. The first-order chi connectivity index (χ1) is 10.7. The molecule has 2 saturated heterocycles. The van der Waals surface area contributed by atoms with Crippen molar-refractivity contribution in [2.45, 2.75) is 44.6 Å². The smallest absolute Gasteiger partial charge is 0.223 e. The Hall–Kier alpha value is -1.42. The third kappa shape index (κ3) is 3.67. The van der Waals surface area contributed by atoms with Gasteiger partial charge in [-0.25, -0.2) is 4.39 Å². The van der Waals surface area contributed by atoms with Gasteiger partial charge in [0.25, 0.3) is 0 Å². The second-order valence-corrected chi connectivity index (χ2v) is 6.53. The lowest BCUT2D eigenvalue weighted by Gasteiger charge is -2.27. The molecule has 120 valence electrons. The number of nitrogens with one attached hydrogen (secondary N) is 1. The summed E-state index contributed by atoms with van der Waals surface area (Å²) in [6.07, 6.45) is 6.07. The van der Waals surface area contributed by atoms with E-state index < -0.39 is 0 Å². The SMILES string of the molecule is O=C(CCC1CCNCC1)N1CCCC1c1ccc(F)cc1. The number of piperidine rings is 1. The van der Waals surface area contributed by atoms with E-state index >= 15 is 0 Å². The summed E-state index contributed by atoms with van der Waals surface area (Å²) >= 11 is 0. The molecule has 2 aliphatic heterocycles. The molecule has 0 bridgehead atoms. The number of hydrogen-bond donors (Lipinski definition) is 1. The van der Waals surface area contributed by atoms with Gasteiger partial charge >= 0.3 is 0 Å². The Morgan fingerprint density at radius 3 is 2.64 bits per heavy atom. The zero-order chi connectivity index (χ0) is 15.4. The number of likely N-dealkylation sites (tertiary alicyclic amines) is 1. The largest absolute Gasteiger partial charge is 0.336 e. The van der Waals surface area contributed by atoms with E-state index in [1.165, 1.54) is 25.0 Å². The fourth-order valence-corrected chi connectivity index (χ4v) is 3.74. The molecule has 1 atom stereocenters. The van der Waals surface area contributed by atoms with Gasteiger partial charge in [-0.2, -0.15) is 0 Å². The number of hydrogen-bond acceptors (Lipinski definition) is 2. The Morgan fingerprint density at radius 1 is 1.18 bits per heavy atom. The predicted molar refractivity (Wildman–Crippen MR) is 84.9 cm³/mol. The molecule has 1 N–H and O–H groups in total. The fraction of sp³-hybridized carbons (Fsp3) is 0.611. The predicted octanol–water partition coefficient (Wildman–Crippen LogP) is 3.27. The Bertz CT molecular complexity index is 496. The average molecular weight is 304 g/mol. The van der Waals surface area contributed by atoms with E-state index in [1.54, 1.807) is 0 Å². The van der Waals surface area contributed by atoms with Gasteiger partial charge in [-0.3, -0.25) is 4.79 Å². The summed E-state index contributed by atoms with van der Waals surface area (Å²) in [6.45, 7) is 3.01. The Labute approximate surface area is 131 Å². The van der Waals surface area contributed by atoms with Crippen LogP contribution in [0, 0.1) is 11.7 Å². The zero-order valence-electron chi connectivity index (χ0n) is 13.1. The van der Waals surface area contributed by atoms with E-state index in [0.29, 0.717) is 12.3 Å². The van der Waals surface area contributed by atoms with Crippen molar-refractivity contribution in [3.63, 3.8) is 0 Å². The zero-order valence-corrected chi connectivity index (χ0v) is 13.1. The van der Waals surface area contributed by atoms with Crippen LogP contribution in [0.2, 0.25) is 0 Å². The van der Waals surface area contributed by atoms with Gasteiger partial charge in [0.1, 0.15) is 5.82 Å². The second kappa shape index (κ2) is 7.23. The van der Waals surface area contributed by atoms with Crippen LogP contribution in [0.4, 0.5) is 4.39 Å². The van der Waals surface area contributed by atoms with Crippen molar-refractivity contribution < 1.29 is 9.18 Å². The van der Waals surface area contributed by atoms with Crippen molar-refractivity contribution in [1.82, 2.24) is 10.2 Å². The highest BCUT2D eigenvalue weighted by Gasteiger charge is 2.30. The molecule has 22 heavy (non-hydrogen) atoms. The van der Waals surface area contributed by atoms with Crippen LogP contribution in [-0.2, 0) is 4.79 Å². The van der Waals surface area contributed by atoms with Gasteiger partial charge in [-0.1, -0.05) is 12.1 Å². The lowest BCUT2D eigenvalue weighted by molar-refractivity contribution is -0.132. The first kappa shape index (κ1) is 15.5. The summed E-state index contributed by atoms with van der Waals surface area (Å²) < 4.78 is 13.1. The van der Waals surface area contributed by atoms with Gasteiger partial charge in [0, 0.05) is 13.0 Å². The minimum atomic E-state index is -0.217. The number of benzene rings is 1. The lowest BCUT2D eigenvalue weighted by Crippen LogP contribution is -2.32. The van der Waals surface area contributed by atoms with Gasteiger partial charge < -0.3 is 10.2 Å². The molecule has 1 unspecified atom stereocenters. The van der Waals surface area contributed by atoms with E-state index in [-0.39, 0.29) is 17.8 Å². The maximum atomic E-state index is 13.1. The first-order valence-electron chi connectivity index (χ1n) is 8.49. The molecule has 0 saturated carbocycles. The average Bonchev–Trinajstić information content (AvgIpc) is 3.04. The highest BCUT2D eigenvalue weighted by Crippen LogP contribution is 2.33. The van der Waals surface area contributed by atoms with Crippen molar-refractivity contribution in [2.24, 2.45) is 5.92 Å². The molecule has 0 aromatic heterocycles. The Balaban J connectivity index is 1.57. The third-order valence-electron chi connectivity index (χ3n) is 5.05. The maximum absolute atomic E-state index is 13.1. The molecule has 0 spiro atoms. The van der Waals surface area contributed by atoms with Gasteiger partial charge in [-0.15, -0.1) is 0 Å². The summed E-state index contributed by atoms with van der Waals surface area (Å²) in [5.41, 5.74) is 1.06. The molecule has 3 rings (SSSR count). The van der Waals surface area contributed by atoms with Crippen LogP contribution < -0.4 is 5.32 Å². The van der Waals surface area contributed by atoms with Crippen LogP contribution in [0.25, 0.3) is 0 Å². The van der Waals surface area contributed by atoms with E-state index in [9.17, 15) is 9.18 Å². The van der Waals surface area contributed by atoms with Crippen LogP contribution >= 0.6 is 0 Å². The molecule has 2 fully saturated rings. The number of carbonyl (C=O) groups excluding carboxylic acids is 1. The third-order valence-corrected chi connectivity index (χ3v) is 5.05. The number of rotatable bonds is 4. The molecular weight excluding hydrogens is 279 g/mol. The molecule has 2 aliphatic rings. The quantitative estimate of drug-likeness (QED) is 0.926. The first-order valence-corrected chi connectivity index (χ1v) is 8.49. The fourth-order valence-electron chi connectivity index (χ4n) is 3.74. The number of halogens is 1. The van der Waals surface area contributed by atoms with Crippen LogP contribution in [0.3, 0.4) is 0 Å². The maximum Gasteiger partial charge on any atom is 0.223 e. The Morgan fingerprint density at radius 2 is 1.91 bits per heavy atom. The minimum Gasteiger partial charge on any atom is -0.336 e.